The van der Waals surface area contributed by atoms with Gasteiger partial charge < -0.3 is 26.0 Å². The minimum atomic E-state index is -0.629. The number of piperazine rings is 1. The summed E-state index contributed by atoms with van der Waals surface area (Å²) in [7, 11) is 0. The van der Waals surface area contributed by atoms with Gasteiger partial charge in [0.2, 0.25) is 17.7 Å². The van der Waals surface area contributed by atoms with Gasteiger partial charge in [-0.3, -0.25) is 19.2 Å². The molecule has 192 valence electrons. The van der Waals surface area contributed by atoms with Crippen molar-refractivity contribution < 1.29 is 23.9 Å². The first-order valence-electron chi connectivity index (χ1n) is 11.4. The van der Waals surface area contributed by atoms with Crippen LogP contribution < -0.4 is 16.4 Å². The van der Waals surface area contributed by atoms with Gasteiger partial charge in [0.15, 0.2) is 0 Å². The Kier molecular flexibility index (Phi) is 13.8. The molecule has 0 spiro atoms. The van der Waals surface area contributed by atoms with Crippen molar-refractivity contribution in [3.05, 3.63) is 35.9 Å². The van der Waals surface area contributed by atoms with E-state index in [1.165, 1.54) is 5.56 Å². The predicted octanol–water partition coefficient (Wildman–Crippen LogP) is 1.92. The molecule has 0 aromatic heterocycles. The number of benzene rings is 1. The van der Waals surface area contributed by atoms with E-state index in [4.69, 9.17) is 5.73 Å². The van der Waals surface area contributed by atoms with Crippen LogP contribution in [0.2, 0.25) is 0 Å². The van der Waals surface area contributed by atoms with E-state index in [1.54, 1.807) is 18.7 Å². The van der Waals surface area contributed by atoms with Crippen LogP contribution in [0.25, 0.3) is 0 Å². The summed E-state index contributed by atoms with van der Waals surface area (Å²) in [6.07, 6.45) is 0.739. The van der Waals surface area contributed by atoms with E-state index in [1.807, 2.05) is 45.9 Å². The number of ether oxygens (including phenoxy) is 1. The zero-order valence-electron chi connectivity index (χ0n) is 21.6. The van der Waals surface area contributed by atoms with Gasteiger partial charge in [0.05, 0.1) is 12.1 Å². The molecule has 2 rings (SSSR count). The molecule has 1 aromatic carbocycles. The van der Waals surface area contributed by atoms with Crippen LogP contribution in [0.3, 0.4) is 0 Å². The van der Waals surface area contributed by atoms with Crippen molar-refractivity contribution in [2.24, 2.45) is 5.73 Å². The number of carbonyl (C=O) groups excluding carboxylic acids is 4. The molecule has 0 aliphatic carbocycles. The Bertz CT molecular complexity index is 775. The van der Waals surface area contributed by atoms with Crippen LogP contribution in [0, 0.1) is 6.92 Å². The lowest BCUT2D eigenvalue weighted by Gasteiger charge is -2.37. The lowest BCUT2D eigenvalue weighted by Crippen LogP contribution is -2.62. The average molecular weight is 479 g/mol. The van der Waals surface area contributed by atoms with Crippen molar-refractivity contribution in [1.82, 2.24) is 15.5 Å². The van der Waals surface area contributed by atoms with Crippen molar-refractivity contribution in [3.8, 4) is 0 Å². The van der Waals surface area contributed by atoms with Crippen LogP contribution in [-0.2, 0) is 23.9 Å². The number of aryl methyl sites for hydroxylation is 1. The number of hydrogen-bond donors (Lipinski definition) is 3. The van der Waals surface area contributed by atoms with E-state index in [9.17, 15) is 19.2 Å². The Morgan fingerprint density at radius 1 is 1.26 bits per heavy atom. The Hall–Kier alpha value is -2.94. The van der Waals surface area contributed by atoms with Gasteiger partial charge in [-0.05, 0) is 54.9 Å². The Morgan fingerprint density at radius 3 is 2.26 bits per heavy atom. The smallest absolute Gasteiger partial charge is 0.293 e. The summed E-state index contributed by atoms with van der Waals surface area (Å²) < 4.78 is 4.55. The van der Waals surface area contributed by atoms with E-state index < -0.39 is 5.54 Å². The molecule has 0 saturated carbocycles. The molecule has 0 radical (unpaired) electrons. The first kappa shape index (κ1) is 31.1. The summed E-state index contributed by atoms with van der Waals surface area (Å²) in [5.74, 6) is -0.679. The highest BCUT2D eigenvalue weighted by atomic mass is 16.5. The lowest BCUT2D eigenvalue weighted by molar-refractivity contribution is -0.143. The molecule has 9 nitrogen and oxygen atoms in total. The maximum absolute atomic E-state index is 12.1. The fourth-order valence-corrected chi connectivity index (χ4v) is 2.83. The summed E-state index contributed by atoms with van der Waals surface area (Å²) in [5, 5.41) is 5.88. The third-order valence-electron chi connectivity index (χ3n) is 4.68. The van der Waals surface area contributed by atoms with Crippen molar-refractivity contribution in [1.29, 1.82) is 0 Å². The van der Waals surface area contributed by atoms with Gasteiger partial charge in [-0.1, -0.05) is 35.9 Å². The first-order chi connectivity index (χ1) is 15.7. The molecule has 34 heavy (non-hydrogen) atoms. The van der Waals surface area contributed by atoms with Crippen LogP contribution in [0.15, 0.2) is 30.3 Å². The van der Waals surface area contributed by atoms with Crippen molar-refractivity contribution in [2.45, 2.75) is 78.5 Å². The van der Waals surface area contributed by atoms with Gasteiger partial charge in [-0.2, -0.15) is 0 Å². The fraction of sp³-hybridized carbons (Fsp3) is 0.600. The zero-order chi connectivity index (χ0) is 26.4. The molecule has 1 saturated heterocycles. The maximum atomic E-state index is 12.1. The van der Waals surface area contributed by atoms with E-state index in [0.29, 0.717) is 26.0 Å². The molecule has 1 unspecified atom stereocenters. The van der Waals surface area contributed by atoms with Crippen molar-refractivity contribution in [3.63, 3.8) is 0 Å². The lowest BCUT2D eigenvalue weighted by atomic mass is 10.0. The molecular formula is C25H42N4O5. The van der Waals surface area contributed by atoms with E-state index in [-0.39, 0.29) is 42.3 Å². The van der Waals surface area contributed by atoms with Gasteiger partial charge in [0.25, 0.3) is 6.47 Å². The molecule has 1 heterocycles. The van der Waals surface area contributed by atoms with Crippen LogP contribution in [-0.4, -0.2) is 65.9 Å². The summed E-state index contributed by atoms with van der Waals surface area (Å²) >= 11 is 0. The largest absolute Gasteiger partial charge is 0.462 e. The monoisotopic (exact) mass is 478 g/mol. The third-order valence-corrected chi connectivity index (χ3v) is 4.68. The minimum absolute atomic E-state index is 0.0465. The topological polar surface area (TPSA) is 131 Å². The van der Waals surface area contributed by atoms with E-state index in [2.05, 4.69) is 34.4 Å². The summed E-state index contributed by atoms with van der Waals surface area (Å²) in [6, 6.07) is 10.1. The number of hydrogen-bond acceptors (Lipinski definition) is 6. The molecule has 4 N–H and O–H groups in total. The fourth-order valence-electron chi connectivity index (χ4n) is 2.83. The molecular weight excluding hydrogens is 436 g/mol. The second-order valence-electron chi connectivity index (χ2n) is 9.73. The van der Waals surface area contributed by atoms with Crippen LogP contribution in [0.4, 0.5) is 0 Å². The highest BCUT2D eigenvalue weighted by molar-refractivity contribution is 5.90. The molecule has 9 heteroatoms. The zero-order valence-corrected chi connectivity index (χ0v) is 21.6. The molecule has 0 bridgehead atoms. The second-order valence-corrected chi connectivity index (χ2v) is 9.73. The van der Waals surface area contributed by atoms with Crippen molar-refractivity contribution in [2.75, 3.05) is 19.6 Å². The number of nitrogens with two attached hydrogens (primary N) is 1. The minimum Gasteiger partial charge on any atom is -0.462 e. The van der Waals surface area contributed by atoms with Gasteiger partial charge in [0.1, 0.15) is 5.60 Å². The predicted molar refractivity (Wildman–Crippen MR) is 133 cm³/mol. The highest BCUT2D eigenvalue weighted by Gasteiger charge is 2.35. The summed E-state index contributed by atoms with van der Waals surface area (Å²) in [4.78, 5) is 45.8. The average Bonchev–Trinajstić information content (AvgIpc) is 2.70. The number of nitrogens with one attached hydrogen (secondary N) is 2. The molecule has 1 aliphatic heterocycles. The Morgan fingerprint density at radius 2 is 1.85 bits per heavy atom. The number of nitrogens with zero attached hydrogens (tertiary/aromatic N) is 1. The van der Waals surface area contributed by atoms with Gasteiger partial charge in [-0.15, -0.1) is 0 Å². The maximum Gasteiger partial charge on any atom is 0.293 e. The number of carbonyl (C=O) groups is 4. The molecule has 3 amide bonds. The van der Waals surface area contributed by atoms with E-state index in [0.717, 1.165) is 0 Å². The number of amides is 3. The number of primary amides is 1. The quantitative estimate of drug-likeness (QED) is 0.513. The molecule has 1 aliphatic rings. The molecule has 1 fully saturated rings. The van der Waals surface area contributed by atoms with Crippen LogP contribution >= 0.6 is 0 Å². The normalized spacial score (nSPS) is 15.5. The summed E-state index contributed by atoms with van der Waals surface area (Å²) in [6.45, 7) is 14.7. The first-order valence-corrected chi connectivity index (χ1v) is 11.4. The van der Waals surface area contributed by atoms with Crippen LogP contribution in [0.5, 0.6) is 0 Å². The number of rotatable bonds is 7. The Labute approximate surface area is 203 Å². The third kappa shape index (κ3) is 15.0. The van der Waals surface area contributed by atoms with Gasteiger partial charge >= 0.3 is 0 Å². The van der Waals surface area contributed by atoms with Crippen LogP contribution in [0.1, 0.15) is 59.9 Å². The van der Waals surface area contributed by atoms with Crippen molar-refractivity contribution >= 4 is 24.2 Å². The van der Waals surface area contributed by atoms with E-state index >= 15 is 0 Å². The standard InChI is InChI=1S/C13H24N4O3.C7H8.C5H10O2/c1-9(4-5-10(14)18)16-11(19)8-17-7-6-15-13(2,3)12(17)20;1-7-5-3-2-4-6-7;1-5(2,3)7-4-6/h9,15H,4-8H2,1-3H3,(H2,14,18)(H,16,19);2-6H,1H3;4H,1-3H3. The SMILES string of the molecule is CC(C)(C)OC=O.CC(CCC(N)=O)NC(=O)CN1CCNC(C)(C)C1=O.Cc1ccccc1. The molecule has 1 aromatic rings. The highest BCUT2D eigenvalue weighted by Crippen LogP contribution is 2.12. The Balaban J connectivity index is 0.000000630. The second kappa shape index (κ2) is 15.1. The summed E-state index contributed by atoms with van der Waals surface area (Å²) in [5.41, 5.74) is 5.43. The van der Waals surface area contributed by atoms with Gasteiger partial charge in [-0.25, -0.2) is 0 Å². The van der Waals surface area contributed by atoms with Gasteiger partial charge in [0, 0.05) is 25.6 Å². The molecule has 1 atom stereocenters.